The number of nitrogens with zero attached hydrogens (tertiary/aromatic N) is 4. The van der Waals surface area contributed by atoms with Gasteiger partial charge in [-0.15, -0.1) is 10.2 Å². The Morgan fingerprint density at radius 2 is 0.784 bits per heavy atom. The third-order valence-electron chi connectivity index (χ3n) is 5.41. The molecule has 0 N–H and O–H groups in total. The molecular weight excluding hydrogens is 476 g/mol. The van der Waals surface area contributed by atoms with Gasteiger partial charge in [0.15, 0.2) is 0 Å². The molecule has 0 radical (unpaired) electrons. The van der Waals surface area contributed by atoms with Gasteiger partial charge in [0.1, 0.15) is 0 Å². The lowest BCUT2D eigenvalue weighted by atomic mass is 10.2. The minimum Gasteiger partial charge on any atom is -0.489 e. The van der Waals surface area contributed by atoms with Gasteiger partial charge in [0.25, 0.3) is 0 Å². The second-order valence-corrected chi connectivity index (χ2v) is 11.6. The molecule has 4 aromatic carbocycles. The van der Waals surface area contributed by atoms with Crippen molar-refractivity contribution in [1.29, 1.82) is 0 Å². The molecule has 0 spiro atoms. The normalized spacial score (nSPS) is 12.1. The molecule has 4 aromatic rings. The molecule has 0 amide bonds. The molecule has 0 saturated heterocycles. The van der Waals surface area contributed by atoms with Crippen molar-refractivity contribution >= 4 is 30.7 Å². The third kappa shape index (κ3) is 6.45. The summed E-state index contributed by atoms with van der Waals surface area (Å²) in [7, 11) is 4.03. The molecule has 0 bridgehead atoms. The van der Waals surface area contributed by atoms with Gasteiger partial charge in [-0.2, -0.15) is 0 Å². The molecule has 0 atom stereocenters. The Balaban J connectivity index is 1.97. The fourth-order valence-electron chi connectivity index (χ4n) is 3.81. The Morgan fingerprint density at radius 3 is 1.08 bits per heavy atom. The zero-order chi connectivity index (χ0) is 26.1. The molecule has 0 unspecified atom stereocenters. The van der Waals surface area contributed by atoms with E-state index in [9.17, 15) is 0 Å². The molecule has 7 heteroatoms. The second kappa shape index (κ2) is 12.1. The van der Waals surface area contributed by atoms with Crippen LogP contribution in [0.1, 0.15) is 11.1 Å². The van der Waals surface area contributed by atoms with E-state index in [2.05, 4.69) is 24.3 Å². The predicted molar refractivity (Wildman–Crippen MR) is 153 cm³/mol. The quantitative estimate of drug-likeness (QED) is 0.156. The van der Waals surface area contributed by atoms with E-state index >= 15 is 0 Å². The van der Waals surface area contributed by atoms with Gasteiger partial charge >= 0.3 is 8.56 Å². The summed E-state index contributed by atoms with van der Waals surface area (Å²) in [5.41, 5.74) is 1.71. The van der Waals surface area contributed by atoms with Crippen LogP contribution < -0.4 is 10.4 Å². The Hall–Kier alpha value is -4.36. The minimum atomic E-state index is -3.49. The number of rotatable bonds is 8. The molecule has 0 saturated carbocycles. The maximum absolute atomic E-state index is 7.07. The summed E-state index contributed by atoms with van der Waals surface area (Å²) in [4.78, 5) is 0. The van der Waals surface area contributed by atoms with E-state index in [1.54, 1.807) is 10.0 Å². The third-order valence-corrected chi connectivity index (χ3v) is 8.56. The van der Waals surface area contributed by atoms with Crippen LogP contribution in [-0.4, -0.2) is 58.6 Å². The van der Waals surface area contributed by atoms with Gasteiger partial charge in [-0.25, -0.2) is 0 Å². The van der Waals surface area contributed by atoms with Crippen LogP contribution >= 0.6 is 0 Å². The first-order valence-corrected chi connectivity index (χ1v) is 13.9. The van der Waals surface area contributed by atoms with Crippen LogP contribution in [-0.2, 0) is 8.85 Å². The number of hydrazone groups is 2. The van der Waals surface area contributed by atoms with Crippen LogP contribution in [0, 0.1) is 0 Å². The van der Waals surface area contributed by atoms with Crippen LogP contribution in [0.15, 0.2) is 132 Å². The molecule has 0 aliphatic rings. The first-order valence-electron chi connectivity index (χ1n) is 12.1. The maximum Gasteiger partial charge on any atom is 0.533 e. The van der Waals surface area contributed by atoms with E-state index in [0.717, 1.165) is 21.5 Å². The summed E-state index contributed by atoms with van der Waals surface area (Å²) >= 11 is 0. The summed E-state index contributed by atoms with van der Waals surface area (Å²) in [6, 6.07) is 40.0. The van der Waals surface area contributed by atoms with E-state index in [1.165, 1.54) is 0 Å². The van der Waals surface area contributed by atoms with Crippen molar-refractivity contribution in [3.8, 4) is 0 Å². The summed E-state index contributed by atoms with van der Waals surface area (Å²) < 4.78 is 14.1. The van der Waals surface area contributed by atoms with Gasteiger partial charge in [0.05, 0.1) is 0 Å². The van der Waals surface area contributed by atoms with Crippen molar-refractivity contribution in [1.82, 2.24) is 10.0 Å². The highest BCUT2D eigenvalue weighted by Crippen LogP contribution is 2.18. The van der Waals surface area contributed by atoms with Gasteiger partial charge in [0, 0.05) is 49.7 Å². The zero-order valence-electron chi connectivity index (χ0n) is 21.7. The summed E-state index contributed by atoms with van der Waals surface area (Å²) in [5, 5.41) is 14.9. The van der Waals surface area contributed by atoms with Gasteiger partial charge < -0.3 is 8.85 Å². The molecule has 0 fully saturated rings. The Labute approximate surface area is 220 Å². The number of benzene rings is 4. The number of hydrogen-bond donors (Lipinski definition) is 0. The Kier molecular flexibility index (Phi) is 8.38. The van der Waals surface area contributed by atoms with Gasteiger partial charge in [0.2, 0.25) is 11.8 Å². The molecule has 6 nitrogen and oxygen atoms in total. The topological polar surface area (TPSA) is 49.7 Å². The Bertz CT molecular complexity index is 1210. The standard InChI is InChI=1S/C30H32N4O2Si/c1-33(2)31-29(25-17-9-5-10-18-25)35-37(27-21-13-7-14-22-27,28-23-15-8-16-24-28)36-30(32-34(3)4)26-19-11-6-12-20-26/h5-24H,1-4H3/b31-29-,32-30-. The fraction of sp³-hybridized carbons (Fsp3) is 0.133. The minimum absolute atomic E-state index is 0.474. The second-order valence-electron chi connectivity index (χ2n) is 8.79. The van der Waals surface area contributed by atoms with Crippen molar-refractivity contribution in [3.63, 3.8) is 0 Å². The van der Waals surface area contributed by atoms with Gasteiger partial charge in [-0.1, -0.05) is 97.1 Å². The molecule has 0 aliphatic heterocycles. The fourth-order valence-corrected chi connectivity index (χ4v) is 6.78. The lowest BCUT2D eigenvalue weighted by Gasteiger charge is -2.33. The van der Waals surface area contributed by atoms with Crippen molar-refractivity contribution in [2.75, 3.05) is 28.2 Å². The monoisotopic (exact) mass is 508 g/mol. The number of hydrogen-bond acceptors (Lipinski definition) is 6. The van der Waals surface area contributed by atoms with E-state index < -0.39 is 8.56 Å². The molecule has 4 rings (SSSR count). The van der Waals surface area contributed by atoms with E-state index in [1.807, 2.05) is 125 Å². The first kappa shape index (κ1) is 25.7. The van der Waals surface area contributed by atoms with Crippen molar-refractivity contribution < 1.29 is 8.85 Å². The molecule has 0 heterocycles. The van der Waals surface area contributed by atoms with E-state index in [0.29, 0.717) is 11.8 Å². The van der Waals surface area contributed by atoms with Crippen molar-refractivity contribution in [2.45, 2.75) is 0 Å². The SMILES string of the molecule is CN(C)/N=C(\O[Si](O/C(=N\N(C)C)c1ccccc1)(c1ccccc1)c1ccccc1)c1ccccc1. The van der Waals surface area contributed by atoms with Crippen LogP contribution in [0.2, 0.25) is 0 Å². The van der Waals surface area contributed by atoms with E-state index in [-0.39, 0.29) is 0 Å². The lowest BCUT2D eigenvalue weighted by Crippen LogP contribution is -2.65. The molecular formula is C30H32N4O2Si. The Morgan fingerprint density at radius 1 is 0.486 bits per heavy atom. The molecule has 188 valence electrons. The molecule has 37 heavy (non-hydrogen) atoms. The summed E-state index contributed by atoms with van der Waals surface area (Å²) in [6.07, 6.45) is 0. The average molecular weight is 509 g/mol. The van der Waals surface area contributed by atoms with Gasteiger partial charge in [-0.05, 0) is 24.3 Å². The zero-order valence-corrected chi connectivity index (χ0v) is 22.7. The highest BCUT2D eigenvalue weighted by atomic mass is 28.4. The average Bonchev–Trinajstić information content (AvgIpc) is 2.93. The van der Waals surface area contributed by atoms with Crippen LogP contribution in [0.5, 0.6) is 0 Å². The van der Waals surface area contributed by atoms with Crippen molar-refractivity contribution in [3.05, 3.63) is 132 Å². The highest BCUT2D eigenvalue weighted by molar-refractivity contribution is 6.94. The van der Waals surface area contributed by atoms with Gasteiger partial charge in [-0.3, -0.25) is 10.0 Å². The smallest absolute Gasteiger partial charge is 0.489 e. The summed E-state index contributed by atoms with van der Waals surface area (Å²) in [6.45, 7) is 0. The highest BCUT2D eigenvalue weighted by Gasteiger charge is 2.49. The predicted octanol–water partition coefficient (Wildman–Crippen LogP) is 4.12. The molecule has 0 aromatic heterocycles. The van der Waals surface area contributed by atoms with Crippen LogP contribution in [0.3, 0.4) is 0 Å². The van der Waals surface area contributed by atoms with E-state index in [4.69, 9.17) is 19.1 Å². The van der Waals surface area contributed by atoms with Crippen LogP contribution in [0.25, 0.3) is 0 Å². The van der Waals surface area contributed by atoms with Crippen LogP contribution in [0.4, 0.5) is 0 Å². The maximum atomic E-state index is 7.07. The lowest BCUT2D eigenvalue weighted by molar-refractivity contribution is 0.363. The van der Waals surface area contributed by atoms with Crippen molar-refractivity contribution in [2.24, 2.45) is 10.2 Å². The summed E-state index contributed by atoms with van der Waals surface area (Å²) in [5.74, 6) is 0.949. The molecule has 0 aliphatic carbocycles. The largest absolute Gasteiger partial charge is 0.533 e. The first-order chi connectivity index (χ1) is 18.0.